The van der Waals surface area contributed by atoms with Gasteiger partial charge in [0, 0.05) is 5.56 Å². The van der Waals surface area contributed by atoms with Crippen molar-refractivity contribution in [3.8, 4) is 11.4 Å². The van der Waals surface area contributed by atoms with Crippen LogP contribution in [0.5, 0.6) is 5.75 Å². The van der Waals surface area contributed by atoms with Crippen molar-refractivity contribution >= 4 is 17.9 Å². The quantitative estimate of drug-likeness (QED) is 0.329. The molecule has 0 N–H and O–H groups in total. The number of nitrogens with zero attached hydrogens (tertiary/aromatic N) is 4. The third kappa shape index (κ3) is 4.69. The lowest BCUT2D eigenvalue weighted by Gasteiger charge is -2.04. The van der Waals surface area contributed by atoms with E-state index in [9.17, 15) is 9.18 Å². The molecular weight excluding hydrogens is 423 g/mol. The predicted molar refractivity (Wildman–Crippen MR) is 119 cm³/mol. The Balaban J connectivity index is 1.23. The van der Waals surface area contributed by atoms with Gasteiger partial charge in [0.1, 0.15) is 23.9 Å². The van der Waals surface area contributed by atoms with E-state index in [4.69, 9.17) is 9.47 Å². The van der Waals surface area contributed by atoms with Gasteiger partial charge in [-0.05, 0) is 60.2 Å². The molecule has 0 unspecified atom stereocenters. The fraction of sp³-hybridized carbons (Fsp3) is 0.0400. The second-order valence-corrected chi connectivity index (χ2v) is 7.19. The normalized spacial score (nSPS) is 14.3. The van der Waals surface area contributed by atoms with Gasteiger partial charge in [0.15, 0.2) is 5.70 Å². The number of rotatable bonds is 6. The number of esters is 1. The van der Waals surface area contributed by atoms with Crippen molar-refractivity contribution in [2.75, 3.05) is 0 Å². The van der Waals surface area contributed by atoms with E-state index in [2.05, 4.69) is 15.3 Å². The van der Waals surface area contributed by atoms with E-state index in [1.807, 2.05) is 42.5 Å². The average molecular weight is 440 g/mol. The molecule has 8 heteroatoms. The van der Waals surface area contributed by atoms with Gasteiger partial charge in [0.25, 0.3) is 0 Å². The minimum atomic E-state index is -0.488. The zero-order valence-electron chi connectivity index (χ0n) is 17.3. The van der Waals surface area contributed by atoms with Crippen molar-refractivity contribution in [1.82, 2.24) is 15.0 Å². The number of ether oxygens (including phenoxy) is 2. The van der Waals surface area contributed by atoms with Crippen LogP contribution in [-0.4, -0.2) is 26.9 Å². The van der Waals surface area contributed by atoms with E-state index >= 15 is 0 Å². The van der Waals surface area contributed by atoms with Crippen LogP contribution in [0, 0.1) is 5.82 Å². The molecule has 1 aliphatic rings. The first kappa shape index (κ1) is 20.3. The second kappa shape index (κ2) is 8.88. The van der Waals surface area contributed by atoms with Crippen molar-refractivity contribution in [2.45, 2.75) is 6.61 Å². The lowest BCUT2D eigenvalue weighted by atomic mass is 10.2. The van der Waals surface area contributed by atoms with Gasteiger partial charge in [-0.1, -0.05) is 35.5 Å². The van der Waals surface area contributed by atoms with Gasteiger partial charge in [-0.3, -0.25) is 0 Å². The van der Waals surface area contributed by atoms with Crippen molar-refractivity contribution in [3.63, 3.8) is 0 Å². The maximum Gasteiger partial charge on any atom is 0.363 e. The minimum absolute atomic E-state index is 0.221. The minimum Gasteiger partial charge on any atom is -0.487 e. The molecule has 1 aromatic heterocycles. The number of aromatic nitrogens is 3. The Bertz CT molecular complexity index is 1340. The van der Waals surface area contributed by atoms with Crippen LogP contribution in [0.1, 0.15) is 16.8 Å². The molecule has 33 heavy (non-hydrogen) atoms. The molecule has 0 radical (unpaired) electrons. The number of carbonyl (C=O) groups excluding carboxylic acids is 1. The summed E-state index contributed by atoms with van der Waals surface area (Å²) in [6.07, 6.45) is 3.39. The lowest BCUT2D eigenvalue weighted by Crippen LogP contribution is -2.04. The molecule has 7 nitrogen and oxygen atoms in total. The summed E-state index contributed by atoms with van der Waals surface area (Å²) in [7, 11) is 0. The zero-order valence-corrected chi connectivity index (χ0v) is 17.3. The molecule has 3 aromatic carbocycles. The molecule has 162 valence electrons. The zero-order chi connectivity index (χ0) is 22.6. The summed E-state index contributed by atoms with van der Waals surface area (Å²) < 4.78 is 25.7. The van der Waals surface area contributed by atoms with Gasteiger partial charge >= 0.3 is 5.97 Å². The van der Waals surface area contributed by atoms with E-state index in [1.54, 1.807) is 41.2 Å². The first-order valence-electron chi connectivity index (χ1n) is 10.1. The Kier molecular flexibility index (Phi) is 5.47. The highest BCUT2D eigenvalue weighted by Gasteiger charge is 2.23. The maximum atomic E-state index is 13.1. The van der Waals surface area contributed by atoms with E-state index in [1.165, 1.54) is 12.1 Å². The average Bonchev–Trinajstić information content (AvgIpc) is 3.47. The molecule has 2 heterocycles. The van der Waals surface area contributed by atoms with Crippen LogP contribution in [0.3, 0.4) is 0 Å². The number of benzene rings is 3. The van der Waals surface area contributed by atoms with Crippen LogP contribution in [-0.2, 0) is 16.1 Å². The van der Waals surface area contributed by atoms with E-state index in [0.29, 0.717) is 23.0 Å². The topological polar surface area (TPSA) is 78.6 Å². The number of cyclic esters (lactones) is 1. The molecule has 0 bridgehead atoms. The van der Waals surface area contributed by atoms with E-state index in [-0.39, 0.29) is 18.1 Å². The molecule has 0 atom stereocenters. The summed E-state index contributed by atoms with van der Waals surface area (Å²) in [4.78, 5) is 16.4. The van der Waals surface area contributed by atoms with Crippen LogP contribution >= 0.6 is 0 Å². The first-order valence-corrected chi connectivity index (χ1v) is 10.1. The van der Waals surface area contributed by atoms with Gasteiger partial charge in [0.2, 0.25) is 5.90 Å². The number of carbonyl (C=O) groups is 1. The van der Waals surface area contributed by atoms with Crippen LogP contribution in [0.25, 0.3) is 11.8 Å². The number of hydrogen-bond acceptors (Lipinski definition) is 6. The van der Waals surface area contributed by atoms with E-state index in [0.717, 1.165) is 11.1 Å². The number of hydrogen-bond donors (Lipinski definition) is 0. The Morgan fingerprint density at radius 3 is 2.48 bits per heavy atom. The monoisotopic (exact) mass is 440 g/mol. The largest absolute Gasteiger partial charge is 0.487 e. The van der Waals surface area contributed by atoms with Gasteiger partial charge in [-0.15, -0.1) is 5.10 Å². The molecule has 0 saturated carbocycles. The fourth-order valence-electron chi connectivity index (χ4n) is 3.17. The van der Waals surface area contributed by atoms with Crippen molar-refractivity contribution in [2.24, 2.45) is 4.99 Å². The summed E-state index contributed by atoms with van der Waals surface area (Å²) in [5, 5.41) is 8.11. The second-order valence-electron chi connectivity index (χ2n) is 7.19. The predicted octanol–water partition coefficient (Wildman–Crippen LogP) is 4.33. The maximum absolute atomic E-state index is 13.1. The van der Waals surface area contributed by atoms with Crippen molar-refractivity contribution < 1.29 is 18.7 Å². The molecule has 0 aliphatic carbocycles. The van der Waals surface area contributed by atoms with Crippen LogP contribution < -0.4 is 4.74 Å². The fourth-order valence-corrected chi connectivity index (χ4v) is 3.17. The third-order valence-electron chi connectivity index (χ3n) is 4.84. The Morgan fingerprint density at radius 2 is 1.73 bits per heavy atom. The Labute approximate surface area is 188 Å². The molecule has 0 amide bonds. The smallest absolute Gasteiger partial charge is 0.363 e. The van der Waals surface area contributed by atoms with Crippen LogP contribution in [0.4, 0.5) is 4.39 Å². The molecule has 0 spiro atoms. The highest BCUT2D eigenvalue weighted by molar-refractivity contribution is 6.12. The number of halogens is 1. The third-order valence-corrected chi connectivity index (χ3v) is 4.84. The lowest BCUT2D eigenvalue weighted by molar-refractivity contribution is -0.129. The Morgan fingerprint density at radius 1 is 0.970 bits per heavy atom. The molecule has 1 aliphatic heterocycles. The summed E-state index contributed by atoms with van der Waals surface area (Å²) in [5.41, 5.74) is 3.10. The van der Waals surface area contributed by atoms with Crippen molar-refractivity contribution in [1.29, 1.82) is 0 Å². The summed E-state index contributed by atoms with van der Waals surface area (Å²) in [6.45, 7) is 0.221. The van der Waals surface area contributed by atoms with E-state index < -0.39 is 5.97 Å². The standard InChI is InChI=1S/C25H17FN4O3/c26-19-8-10-21(11-9-19)30-15-20(28-29-30)16-32-22-12-6-17(7-13-22)14-23-25(31)33-24(27-23)18-4-2-1-3-5-18/h1-15H,16H2. The van der Waals surface area contributed by atoms with Crippen LogP contribution in [0.2, 0.25) is 0 Å². The van der Waals surface area contributed by atoms with Crippen LogP contribution in [0.15, 0.2) is 95.7 Å². The molecule has 0 saturated heterocycles. The molecular formula is C25H17FN4O3. The highest BCUT2D eigenvalue weighted by Crippen LogP contribution is 2.21. The van der Waals surface area contributed by atoms with Gasteiger partial charge in [-0.25, -0.2) is 18.9 Å². The summed E-state index contributed by atoms with van der Waals surface area (Å²) >= 11 is 0. The summed E-state index contributed by atoms with van der Waals surface area (Å²) in [6, 6.07) is 22.5. The highest BCUT2D eigenvalue weighted by atomic mass is 19.1. The molecule has 4 aromatic rings. The SMILES string of the molecule is O=C1OC(c2ccccc2)=NC1=Cc1ccc(OCc2cn(-c3ccc(F)cc3)nn2)cc1. The van der Waals surface area contributed by atoms with Gasteiger partial charge in [0.05, 0.1) is 11.9 Å². The van der Waals surface area contributed by atoms with Crippen molar-refractivity contribution in [3.05, 3.63) is 113 Å². The molecule has 0 fully saturated rings. The first-order chi connectivity index (χ1) is 16.1. The summed E-state index contributed by atoms with van der Waals surface area (Å²) in [5.74, 6) is 0.129. The van der Waals surface area contributed by atoms with Gasteiger partial charge in [-0.2, -0.15) is 0 Å². The van der Waals surface area contributed by atoms with Gasteiger partial charge < -0.3 is 9.47 Å². The molecule has 5 rings (SSSR count). The Hall–Kier alpha value is -4.59. The number of aliphatic imine (C=N–C) groups is 1.